The highest BCUT2D eigenvalue weighted by Crippen LogP contribution is 2.36. The van der Waals surface area contributed by atoms with Gasteiger partial charge < -0.3 is 15.6 Å². The molecule has 2 aromatic rings. The van der Waals surface area contributed by atoms with Gasteiger partial charge in [0.25, 0.3) is 0 Å². The highest BCUT2D eigenvalue weighted by atomic mass is 127. The SMILES string of the molecule is CCCC[C@H]1O[C@@H](n2cnc3c(N)nc(I)nc32)[C@H](S)[C@@H]1O. The molecule has 1 aliphatic rings. The molecule has 0 aromatic carbocycles. The van der Waals surface area contributed by atoms with Crippen molar-refractivity contribution in [1.29, 1.82) is 0 Å². The Labute approximate surface area is 147 Å². The number of unbranched alkanes of at least 4 members (excludes halogenated alkanes) is 1. The number of anilines is 1. The molecule has 0 amide bonds. The van der Waals surface area contributed by atoms with Crippen LogP contribution in [0.5, 0.6) is 0 Å². The quantitative estimate of drug-likeness (QED) is 0.385. The number of nitrogens with zero attached hydrogens (tertiary/aromatic N) is 4. The number of fused-ring (bicyclic) bond motifs is 1. The average Bonchev–Trinajstić information content (AvgIpc) is 3.00. The van der Waals surface area contributed by atoms with E-state index in [2.05, 4.69) is 34.5 Å². The second kappa shape index (κ2) is 6.46. The molecule has 1 fully saturated rings. The predicted molar refractivity (Wildman–Crippen MR) is 94.7 cm³/mol. The molecule has 0 bridgehead atoms. The molecule has 4 atom stereocenters. The van der Waals surface area contributed by atoms with E-state index in [1.54, 1.807) is 10.9 Å². The summed E-state index contributed by atoms with van der Waals surface area (Å²) in [6, 6.07) is 0. The zero-order chi connectivity index (χ0) is 15.9. The first-order chi connectivity index (χ1) is 10.5. The number of ether oxygens (including phenoxy) is 1. The zero-order valence-electron chi connectivity index (χ0n) is 12.1. The van der Waals surface area contributed by atoms with Crippen LogP contribution in [0, 0.1) is 3.83 Å². The zero-order valence-corrected chi connectivity index (χ0v) is 15.1. The fourth-order valence-electron chi connectivity index (χ4n) is 2.70. The normalized spacial score (nSPS) is 28.5. The van der Waals surface area contributed by atoms with Crippen LogP contribution in [0.1, 0.15) is 32.4 Å². The topological polar surface area (TPSA) is 99.1 Å². The molecule has 7 nitrogen and oxygen atoms in total. The standard InChI is InChI=1S/C13H18IN5O2S/c1-2-3-4-6-8(20)9(22)12(21-6)19-5-16-7-10(15)17-13(14)18-11(7)19/h5-6,8-9,12,20,22H,2-4H2,1H3,(H2,15,17,18)/t6-,8-,9-,12-/m1/s1. The maximum absolute atomic E-state index is 10.3. The highest BCUT2D eigenvalue weighted by molar-refractivity contribution is 14.1. The third kappa shape index (κ3) is 2.79. The fraction of sp³-hybridized carbons (Fsp3) is 0.615. The summed E-state index contributed by atoms with van der Waals surface area (Å²) in [5.74, 6) is 0.338. The van der Waals surface area contributed by atoms with E-state index in [-0.39, 0.29) is 11.4 Å². The number of hydrogen-bond donors (Lipinski definition) is 3. The molecule has 1 saturated heterocycles. The molecule has 0 radical (unpaired) electrons. The number of imidazole rings is 1. The number of nitrogen functional groups attached to an aromatic ring is 1. The van der Waals surface area contributed by atoms with E-state index in [9.17, 15) is 5.11 Å². The van der Waals surface area contributed by atoms with Crippen molar-refractivity contribution in [2.75, 3.05) is 5.73 Å². The van der Waals surface area contributed by atoms with E-state index < -0.39 is 12.3 Å². The Morgan fingerprint density at radius 2 is 2.27 bits per heavy atom. The van der Waals surface area contributed by atoms with Gasteiger partial charge in [-0.1, -0.05) is 19.8 Å². The molecular weight excluding hydrogens is 417 g/mol. The van der Waals surface area contributed by atoms with Crippen molar-refractivity contribution in [1.82, 2.24) is 19.5 Å². The Morgan fingerprint density at radius 1 is 1.50 bits per heavy atom. The third-order valence-corrected chi connectivity index (χ3v) is 4.92. The first-order valence-electron chi connectivity index (χ1n) is 7.20. The molecule has 0 saturated carbocycles. The van der Waals surface area contributed by atoms with Crippen LogP contribution in [-0.2, 0) is 4.74 Å². The van der Waals surface area contributed by atoms with Gasteiger partial charge in [0.05, 0.1) is 23.8 Å². The van der Waals surface area contributed by atoms with Gasteiger partial charge in [0.2, 0.25) is 0 Å². The monoisotopic (exact) mass is 435 g/mol. The summed E-state index contributed by atoms with van der Waals surface area (Å²) in [5, 5.41) is 10.0. The highest BCUT2D eigenvalue weighted by Gasteiger charge is 2.42. The van der Waals surface area contributed by atoms with E-state index in [4.69, 9.17) is 10.5 Å². The number of aromatic nitrogens is 4. The summed E-state index contributed by atoms with van der Waals surface area (Å²) in [7, 11) is 0. The Kier molecular flexibility index (Phi) is 4.76. The number of halogens is 1. The third-order valence-electron chi connectivity index (χ3n) is 3.87. The summed E-state index contributed by atoms with van der Waals surface area (Å²) in [5.41, 5.74) is 7.02. The van der Waals surface area contributed by atoms with Crippen molar-refractivity contribution in [3.63, 3.8) is 0 Å². The second-order valence-electron chi connectivity index (χ2n) is 5.39. The van der Waals surface area contributed by atoms with Crippen LogP contribution in [0.4, 0.5) is 5.82 Å². The van der Waals surface area contributed by atoms with Crippen LogP contribution in [0.15, 0.2) is 6.33 Å². The maximum Gasteiger partial charge on any atom is 0.194 e. The molecule has 1 aliphatic heterocycles. The van der Waals surface area contributed by atoms with Crippen molar-refractivity contribution in [2.24, 2.45) is 0 Å². The van der Waals surface area contributed by atoms with Gasteiger partial charge in [-0.3, -0.25) is 4.57 Å². The maximum atomic E-state index is 10.3. The van der Waals surface area contributed by atoms with E-state index in [1.807, 2.05) is 22.6 Å². The van der Waals surface area contributed by atoms with Gasteiger partial charge in [0.15, 0.2) is 21.5 Å². The van der Waals surface area contributed by atoms with Gasteiger partial charge in [0, 0.05) is 22.6 Å². The van der Waals surface area contributed by atoms with Gasteiger partial charge in [0.1, 0.15) is 5.52 Å². The van der Waals surface area contributed by atoms with Crippen LogP contribution in [-0.4, -0.2) is 42.1 Å². The van der Waals surface area contributed by atoms with E-state index in [0.29, 0.717) is 20.8 Å². The second-order valence-corrected chi connectivity index (χ2v) is 6.95. The van der Waals surface area contributed by atoms with Gasteiger partial charge >= 0.3 is 0 Å². The minimum atomic E-state index is -0.615. The molecule has 0 unspecified atom stereocenters. The van der Waals surface area contributed by atoms with E-state index in [1.165, 1.54) is 0 Å². The smallest absolute Gasteiger partial charge is 0.194 e. The largest absolute Gasteiger partial charge is 0.389 e. The van der Waals surface area contributed by atoms with Gasteiger partial charge in [-0.05, 0) is 6.42 Å². The molecule has 0 spiro atoms. The number of aliphatic hydroxyl groups is 1. The fourth-order valence-corrected chi connectivity index (χ4v) is 3.59. The van der Waals surface area contributed by atoms with Crippen LogP contribution in [0.25, 0.3) is 11.2 Å². The number of aliphatic hydroxyl groups excluding tert-OH is 1. The Bertz CT molecular complexity index is 682. The number of nitrogens with two attached hydrogens (primary N) is 1. The van der Waals surface area contributed by atoms with Crippen molar-refractivity contribution in [2.45, 2.75) is 49.9 Å². The summed E-state index contributed by atoms with van der Waals surface area (Å²) < 4.78 is 8.34. The van der Waals surface area contributed by atoms with Crippen molar-refractivity contribution < 1.29 is 9.84 Å². The molecule has 3 heterocycles. The molecule has 120 valence electrons. The number of hydrogen-bond acceptors (Lipinski definition) is 7. The molecule has 3 N–H and O–H groups in total. The van der Waals surface area contributed by atoms with Gasteiger partial charge in [-0.2, -0.15) is 12.6 Å². The van der Waals surface area contributed by atoms with Crippen LogP contribution >= 0.6 is 35.2 Å². The van der Waals surface area contributed by atoms with Crippen molar-refractivity contribution in [3.8, 4) is 0 Å². The first-order valence-corrected chi connectivity index (χ1v) is 8.79. The van der Waals surface area contributed by atoms with Crippen molar-refractivity contribution in [3.05, 3.63) is 10.2 Å². The molecule has 9 heteroatoms. The lowest BCUT2D eigenvalue weighted by Crippen LogP contribution is -2.27. The molecule has 0 aliphatic carbocycles. The lowest BCUT2D eigenvalue weighted by molar-refractivity contribution is -0.0214. The minimum Gasteiger partial charge on any atom is -0.389 e. The Hall–Kier alpha value is -0.650. The first kappa shape index (κ1) is 16.2. The minimum absolute atomic E-state index is 0.219. The Balaban J connectivity index is 1.94. The van der Waals surface area contributed by atoms with E-state index >= 15 is 0 Å². The average molecular weight is 435 g/mol. The Morgan fingerprint density at radius 3 is 3.00 bits per heavy atom. The molecule has 3 rings (SSSR count). The van der Waals surface area contributed by atoms with Crippen LogP contribution in [0.3, 0.4) is 0 Å². The lowest BCUT2D eigenvalue weighted by atomic mass is 10.1. The lowest BCUT2D eigenvalue weighted by Gasteiger charge is -2.16. The molecular formula is C13H18IN5O2S. The number of rotatable bonds is 4. The molecule has 2 aromatic heterocycles. The summed E-state index contributed by atoms with van der Waals surface area (Å²) >= 11 is 6.54. The van der Waals surface area contributed by atoms with Crippen LogP contribution in [0.2, 0.25) is 0 Å². The van der Waals surface area contributed by atoms with E-state index in [0.717, 1.165) is 19.3 Å². The molecule has 22 heavy (non-hydrogen) atoms. The van der Waals surface area contributed by atoms with Gasteiger partial charge in [-0.25, -0.2) is 15.0 Å². The van der Waals surface area contributed by atoms with Crippen molar-refractivity contribution >= 4 is 52.2 Å². The van der Waals surface area contributed by atoms with Crippen LogP contribution < -0.4 is 5.73 Å². The summed E-state index contributed by atoms with van der Waals surface area (Å²) in [4.78, 5) is 12.8. The summed E-state index contributed by atoms with van der Waals surface area (Å²) in [6.45, 7) is 2.11. The number of thiol groups is 1. The van der Waals surface area contributed by atoms with Gasteiger partial charge in [-0.15, -0.1) is 0 Å². The predicted octanol–water partition coefficient (Wildman–Crippen LogP) is 1.76. The summed E-state index contributed by atoms with van der Waals surface area (Å²) in [6.07, 6.45) is 3.24.